The molecule has 0 fully saturated rings. The molecule has 0 aliphatic heterocycles. The smallest absolute Gasteiger partial charge is 0.161 e. The molecule has 5 heteroatoms. The predicted molar refractivity (Wildman–Crippen MR) is 78.6 cm³/mol. The van der Waals surface area contributed by atoms with Gasteiger partial charge in [0, 0.05) is 13.7 Å². The van der Waals surface area contributed by atoms with Crippen molar-refractivity contribution in [3.63, 3.8) is 0 Å². The second-order valence-corrected chi connectivity index (χ2v) is 4.22. The van der Waals surface area contributed by atoms with Gasteiger partial charge in [-0.05, 0) is 24.2 Å². The number of hydrogen-bond acceptors (Lipinski definition) is 5. The fourth-order valence-corrected chi connectivity index (χ4v) is 1.67. The molecule has 20 heavy (non-hydrogen) atoms. The third-order valence-corrected chi connectivity index (χ3v) is 2.72. The van der Waals surface area contributed by atoms with Crippen molar-refractivity contribution in [3.8, 4) is 11.5 Å². The van der Waals surface area contributed by atoms with Crippen LogP contribution in [0.4, 0.5) is 0 Å². The number of nitrogens with one attached hydrogen (secondary N) is 1. The average molecular weight is 283 g/mol. The largest absolute Gasteiger partial charge is 0.493 e. The van der Waals surface area contributed by atoms with Crippen LogP contribution in [0.1, 0.15) is 12.5 Å². The quantitative estimate of drug-likeness (QED) is 0.628. The van der Waals surface area contributed by atoms with Crippen molar-refractivity contribution in [1.82, 2.24) is 5.32 Å². The van der Waals surface area contributed by atoms with E-state index in [0.29, 0.717) is 26.4 Å². The lowest BCUT2D eigenvalue weighted by Gasteiger charge is -2.12. The van der Waals surface area contributed by atoms with Gasteiger partial charge in [-0.15, -0.1) is 0 Å². The summed E-state index contributed by atoms with van der Waals surface area (Å²) >= 11 is 0. The molecule has 0 saturated heterocycles. The molecule has 1 rings (SSSR count). The fourth-order valence-electron chi connectivity index (χ4n) is 1.67. The molecule has 0 atom stereocenters. The summed E-state index contributed by atoms with van der Waals surface area (Å²) in [7, 11) is 3.29. The molecule has 0 aromatic heterocycles. The maximum absolute atomic E-state index is 5.71. The zero-order valence-electron chi connectivity index (χ0n) is 12.6. The van der Waals surface area contributed by atoms with E-state index in [1.165, 1.54) is 5.56 Å². The fraction of sp³-hybridized carbons (Fsp3) is 0.600. The van der Waals surface area contributed by atoms with Crippen molar-refractivity contribution in [2.45, 2.75) is 13.5 Å². The SMILES string of the molecule is CCNCc1ccc(OC)c(OCCOCCOC)c1. The highest BCUT2D eigenvalue weighted by Gasteiger charge is 2.05. The second-order valence-electron chi connectivity index (χ2n) is 4.22. The first-order chi connectivity index (χ1) is 9.81. The maximum Gasteiger partial charge on any atom is 0.161 e. The van der Waals surface area contributed by atoms with Crippen LogP contribution >= 0.6 is 0 Å². The highest BCUT2D eigenvalue weighted by molar-refractivity contribution is 5.42. The molecule has 0 amide bonds. The minimum absolute atomic E-state index is 0.491. The Labute approximate surface area is 121 Å². The zero-order valence-corrected chi connectivity index (χ0v) is 12.6. The lowest BCUT2D eigenvalue weighted by molar-refractivity contribution is 0.0540. The van der Waals surface area contributed by atoms with Gasteiger partial charge in [-0.3, -0.25) is 0 Å². The van der Waals surface area contributed by atoms with E-state index in [0.717, 1.165) is 24.6 Å². The molecular formula is C15H25NO4. The number of benzene rings is 1. The summed E-state index contributed by atoms with van der Waals surface area (Å²) in [6, 6.07) is 5.95. The second kappa shape index (κ2) is 10.5. The standard InChI is InChI=1S/C15H25NO4/c1-4-16-12-13-5-6-14(18-3)15(11-13)20-10-9-19-8-7-17-2/h5-6,11,16H,4,7-10,12H2,1-3H3. The summed E-state index contributed by atoms with van der Waals surface area (Å²) in [5, 5.41) is 3.28. The molecule has 5 nitrogen and oxygen atoms in total. The first kappa shape index (κ1) is 16.8. The van der Waals surface area contributed by atoms with E-state index in [1.807, 2.05) is 18.2 Å². The van der Waals surface area contributed by atoms with E-state index < -0.39 is 0 Å². The van der Waals surface area contributed by atoms with Gasteiger partial charge in [0.15, 0.2) is 11.5 Å². The van der Waals surface area contributed by atoms with Crippen LogP contribution in [-0.2, 0) is 16.0 Å². The van der Waals surface area contributed by atoms with Crippen molar-refractivity contribution in [3.05, 3.63) is 23.8 Å². The van der Waals surface area contributed by atoms with E-state index in [2.05, 4.69) is 12.2 Å². The lowest BCUT2D eigenvalue weighted by atomic mass is 10.2. The van der Waals surface area contributed by atoms with Gasteiger partial charge in [0.1, 0.15) is 6.61 Å². The van der Waals surface area contributed by atoms with Gasteiger partial charge in [0.05, 0.1) is 26.9 Å². The molecule has 0 bridgehead atoms. The Morgan fingerprint density at radius 3 is 2.50 bits per heavy atom. The zero-order chi connectivity index (χ0) is 14.6. The minimum atomic E-state index is 0.491. The summed E-state index contributed by atoms with van der Waals surface area (Å²) in [5.41, 5.74) is 1.17. The van der Waals surface area contributed by atoms with Crippen LogP contribution in [0.5, 0.6) is 11.5 Å². The first-order valence-corrected chi connectivity index (χ1v) is 6.89. The Kier molecular flexibility index (Phi) is 8.78. The van der Waals surface area contributed by atoms with Crippen molar-refractivity contribution in [1.29, 1.82) is 0 Å². The van der Waals surface area contributed by atoms with Gasteiger partial charge < -0.3 is 24.3 Å². The van der Waals surface area contributed by atoms with Gasteiger partial charge in [-0.25, -0.2) is 0 Å². The molecule has 1 aromatic carbocycles. The predicted octanol–water partition coefficient (Wildman–Crippen LogP) is 1.85. The third-order valence-electron chi connectivity index (χ3n) is 2.72. The van der Waals surface area contributed by atoms with Crippen LogP contribution in [0.2, 0.25) is 0 Å². The molecule has 1 N–H and O–H groups in total. The number of rotatable bonds is 11. The highest BCUT2D eigenvalue weighted by atomic mass is 16.5. The van der Waals surface area contributed by atoms with Crippen molar-refractivity contribution in [2.75, 3.05) is 47.2 Å². The number of hydrogen-bond donors (Lipinski definition) is 1. The van der Waals surface area contributed by atoms with Gasteiger partial charge in [0.25, 0.3) is 0 Å². The third kappa shape index (κ3) is 6.23. The molecule has 0 heterocycles. The van der Waals surface area contributed by atoms with E-state index >= 15 is 0 Å². The first-order valence-electron chi connectivity index (χ1n) is 6.89. The maximum atomic E-state index is 5.71. The van der Waals surface area contributed by atoms with Crippen molar-refractivity contribution in [2.24, 2.45) is 0 Å². The van der Waals surface area contributed by atoms with E-state index in [4.69, 9.17) is 18.9 Å². The molecular weight excluding hydrogens is 258 g/mol. The Morgan fingerprint density at radius 2 is 1.80 bits per heavy atom. The molecule has 0 saturated carbocycles. The van der Waals surface area contributed by atoms with E-state index in [9.17, 15) is 0 Å². The van der Waals surface area contributed by atoms with Crippen LogP contribution < -0.4 is 14.8 Å². The van der Waals surface area contributed by atoms with Crippen LogP contribution in [-0.4, -0.2) is 47.2 Å². The monoisotopic (exact) mass is 283 g/mol. The minimum Gasteiger partial charge on any atom is -0.493 e. The van der Waals surface area contributed by atoms with Crippen LogP contribution in [0.25, 0.3) is 0 Å². The summed E-state index contributed by atoms with van der Waals surface area (Å²) in [5.74, 6) is 1.49. The van der Waals surface area contributed by atoms with Crippen LogP contribution in [0, 0.1) is 0 Å². The average Bonchev–Trinajstić information content (AvgIpc) is 2.48. The molecule has 1 aromatic rings. The topological polar surface area (TPSA) is 49.0 Å². The van der Waals surface area contributed by atoms with Crippen LogP contribution in [0.15, 0.2) is 18.2 Å². The molecule has 114 valence electrons. The Hall–Kier alpha value is -1.30. The molecule has 0 unspecified atom stereocenters. The van der Waals surface area contributed by atoms with E-state index in [-0.39, 0.29) is 0 Å². The van der Waals surface area contributed by atoms with Crippen molar-refractivity contribution < 1.29 is 18.9 Å². The van der Waals surface area contributed by atoms with E-state index in [1.54, 1.807) is 14.2 Å². The summed E-state index contributed by atoms with van der Waals surface area (Å²) in [6.45, 7) is 6.04. The summed E-state index contributed by atoms with van der Waals surface area (Å²) in [4.78, 5) is 0. The molecule has 0 radical (unpaired) electrons. The number of methoxy groups -OCH3 is 2. The van der Waals surface area contributed by atoms with Crippen molar-refractivity contribution >= 4 is 0 Å². The normalized spacial score (nSPS) is 10.6. The van der Waals surface area contributed by atoms with Gasteiger partial charge in [0.2, 0.25) is 0 Å². The van der Waals surface area contributed by atoms with Gasteiger partial charge in [-0.2, -0.15) is 0 Å². The summed E-state index contributed by atoms with van der Waals surface area (Å²) in [6.07, 6.45) is 0. The van der Waals surface area contributed by atoms with Crippen LogP contribution in [0.3, 0.4) is 0 Å². The molecule has 0 aliphatic rings. The molecule has 0 aliphatic carbocycles. The Morgan fingerprint density at radius 1 is 1.00 bits per heavy atom. The Balaban J connectivity index is 2.44. The Bertz CT molecular complexity index is 371. The summed E-state index contributed by atoms with van der Waals surface area (Å²) < 4.78 is 21.3. The number of ether oxygens (including phenoxy) is 4. The molecule has 0 spiro atoms. The van der Waals surface area contributed by atoms with Gasteiger partial charge in [-0.1, -0.05) is 13.0 Å². The van der Waals surface area contributed by atoms with Gasteiger partial charge >= 0.3 is 0 Å². The highest BCUT2D eigenvalue weighted by Crippen LogP contribution is 2.27. The lowest BCUT2D eigenvalue weighted by Crippen LogP contribution is -2.13.